The summed E-state index contributed by atoms with van der Waals surface area (Å²) in [6.45, 7) is 7.36. The fourth-order valence-electron chi connectivity index (χ4n) is 6.34. The number of hydrogen-bond acceptors (Lipinski definition) is 4. The number of hydrogen-bond donors (Lipinski definition) is 1. The van der Waals surface area contributed by atoms with Crippen LogP contribution < -0.4 is 10.5 Å². The van der Waals surface area contributed by atoms with Gasteiger partial charge in [0, 0.05) is 42.5 Å². The lowest BCUT2D eigenvalue weighted by molar-refractivity contribution is 0.0755. The summed E-state index contributed by atoms with van der Waals surface area (Å²) in [4.78, 5) is 25.9. The number of benzene rings is 1. The molecule has 2 aromatic rings. The number of aryl methyl sites for hydroxylation is 1. The van der Waals surface area contributed by atoms with Crippen molar-refractivity contribution < 1.29 is 4.39 Å². The van der Waals surface area contributed by atoms with Crippen molar-refractivity contribution in [3.05, 3.63) is 63.6 Å². The van der Waals surface area contributed by atoms with Gasteiger partial charge in [0.15, 0.2) is 0 Å². The molecule has 3 aliphatic carbocycles. The van der Waals surface area contributed by atoms with Crippen LogP contribution in [-0.4, -0.2) is 46.1 Å². The highest BCUT2D eigenvalue weighted by atomic mass is 35.5. The van der Waals surface area contributed by atoms with Crippen molar-refractivity contribution in [1.29, 1.82) is 0 Å². The monoisotopic (exact) mass is 484 g/mol. The summed E-state index contributed by atoms with van der Waals surface area (Å²) >= 11 is 0. The van der Waals surface area contributed by atoms with Crippen molar-refractivity contribution in [2.75, 3.05) is 24.5 Å². The van der Waals surface area contributed by atoms with Crippen molar-refractivity contribution in [2.24, 2.45) is 5.41 Å². The van der Waals surface area contributed by atoms with Gasteiger partial charge in [-0.1, -0.05) is 6.08 Å². The molecule has 4 aliphatic rings. The second kappa shape index (κ2) is 8.49. The molecule has 5 nitrogen and oxygen atoms in total. The van der Waals surface area contributed by atoms with Crippen LogP contribution in [-0.2, 0) is 12.8 Å². The highest BCUT2D eigenvalue weighted by Gasteiger charge is 2.46. The number of nitrogens with one attached hydrogen (secondary N) is 1. The van der Waals surface area contributed by atoms with Crippen LogP contribution in [0.5, 0.6) is 0 Å². The van der Waals surface area contributed by atoms with E-state index >= 15 is 0 Å². The lowest BCUT2D eigenvalue weighted by Crippen LogP contribution is -2.61. The summed E-state index contributed by atoms with van der Waals surface area (Å²) < 4.78 is 13.3. The number of H-pyrrole nitrogens is 1. The fourth-order valence-corrected chi connectivity index (χ4v) is 6.34. The van der Waals surface area contributed by atoms with Gasteiger partial charge in [-0.05, 0) is 94.0 Å². The molecule has 1 saturated heterocycles. The number of piperazine rings is 1. The van der Waals surface area contributed by atoms with Crippen molar-refractivity contribution in [3.8, 4) is 0 Å². The Morgan fingerprint density at radius 2 is 1.85 bits per heavy atom. The molecule has 1 aromatic carbocycles. The summed E-state index contributed by atoms with van der Waals surface area (Å²) in [5.74, 6) is 0.594. The van der Waals surface area contributed by atoms with Crippen LogP contribution in [0.25, 0.3) is 5.57 Å². The van der Waals surface area contributed by atoms with E-state index in [4.69, 9.17) is 4.98 Å². The van der Waals surface area contributed by atoms with Crippen LogP contribution >= 0.6 is 12.4 Å². The summed E-state index contributed by atoms with van der Waals surface area (Å²) in [7, 11) is 0. The molecule has 1 saturated carbocycles. The van der Waals surface area contributed by atoms with E-state index in [2.05, 4.69) is 34.7 Å². The topological polar surface area (TPSA) is 52.2 Å². The smallest absolute Gasteiger partial charge is 0.254 e. The molecule has 1 aromatic heterocycles. The number of aromatic nitrogens is 2. The average molecular weight is 485 g/mol. The van der Waals surface area contributed by atoms with Crippen molar-refractivity contribution in [3.63, 3.8) is 0 Å². The van der Waals surface area contributed by atoms with Crippen LogP contribution in [0.15, 0.2) is 35.1 Å². The fraction of sp³-hybridized carbons (Fsp3) is 0.556. The van der Waals surface area contributed by atoms with Gasteiger partial charge in [0.2, 0.25) is 0 Å². The first-order valence-corrected chi connectivity index (χ1v) is 12.4. The predicted molar refractivity (Wildman–Crippen MR) is 136 cm³/mol. The number of halogens is 2. The van der Waals surface area contributed by atoms with E-state index < -0.39 is 0 Å². The van der Waals surface area contributed by atoms with Gasteiger partial charge in [0.25, 0.3) is 5.56 Å². The van der Waals surface area contributed by atoms with Crippen LogP contribution in [0.3, 0.4) is 0 Å². The first-order valence-electron chi connectivity index (χ1n) is 12.4. The van der Waals surface area contributed by atoms with Crippen LogP contribution in [0.2, 0.25) is 0 Å². The maximum absolute atomic E-state index is 13.3. The molecule has 0 radical (unpaired) electrons. The Bertz CT molecular complexity index is 1170. The largest absolute Gasteiger partial charge is 0.368 e. The van der Waals surface area contributed by atoms with E-state index in [0.717, 1.165) is 68.1 Å². The third-order valence-electron chi connectivity index (χ3n) is 8.47. The van der Waals surface area contributed by atoms with Gasteiger partial charge in [-0.3, -0.25) is 9.69 Å². The Hall–Kier alpha value is -2.18. The Balaban J connectivity index is 0.00000241. The molecule has 7 heteroatoms. The molecule has 0 amide bonds. The lowest BCUT2D eigenvalue weighted by Gasteiger charge is -2.50. The van der Waals surface area contributed by atoms with Gasteiger partial charge in [-0.2, -0.15) is 0 Å². The number of rotatable bonds is 3. The molecule has 2 heterocycles. The van der Waals surface area contributed by atoms with Crippen LogP contribution in [0.4, 0.5) is 10.1 Å². The molecule has 0 unspecified atom stereocenters. The molecule has 1 aliphatic heterocycles. The van der Waals surface area contributed by atoms with Crippen molar-refractivity contribution in [2.45, 2.75) is 70.4 Å². The molecule has 1 spiro atoms. The van der Waals surface area contributed by atoms with Gasteiger partial charge in [0.05, 0.1) is 5.69 Å². The predicted octanol–water partition coefficient (Wildman–Crippen LogP) is 4.75. The first-order chi connectivity index (χ1) is 15.8. The molecule has 6 rings (SSSR count). The quantitative estimate of drug-likeness (QED) is 0.683. The van der Waals surface area contributed by atoms with E-state index in [9.17, 15) is 9.18 Å². The number of fused-ring (bicyclic) bond motifs is 1. The SMILES string of the molecule is CC1(C)CN(c2ccc(F)cc2)CCN1[C@H]1C=C(c2nc3c(c(=O)[nH]2)CC2(CC3)CC2)CC1.Cl. The van der Waals surface area contributed by atoms with E-state index in [1.165, 1.54) is 37.0 Å². The second-order valence-corrected chi connectivity index (χ2v) is 11.2. The van der Waals surface area contributed by atoms with Gasteiger partial charge >= 0.3 is 0 Å². The number of nitrogens with zero attached hydrogens (tertiary/aromatic N) is 3. The zero-order valence-corrected chi connectivity index (χ0v) is 20.9. The van der Waals surface area contributed by atoms with E-state index in [-0.39, 0.29) is 29.3 Å². The average Bonchev–Trinajstić information content (AvgIpc) is 3.35. The minimum Gasteiger partial charge on any atom is -0.368 e. The van der Waals surface area contributed by atoms with Crippen molar-refractivity contribution >= 4 is 23.7 Å². The van der Waals surface area contributed by atoms with Crippen LogP contribution in [0, 0.1) is 11.2 Å². The zero-order chi connectivity index (χ0) is 22.8. The molecule has 0 bridgehead atoms. The van der Waals surface area contributed by atoms with Gasteiger partial charge in [-0.15, -0.1) is 12.4 Å². The summed E-state index contributed by atoms with van der Waals surface area (Å²) in [6, 6.07) is 7.17. The molecule has 2 fully saturated rings. The van der Waals surface area contributed by atoms with E-state index in [1.54, 1.807) is 0 Å². The van der Waals surface area contributed by atoms with Gasteiger partial charge in [-0.25, -0.2) is 9.37 Å². The summed E-state index contributed by atoms with van der Waals surface area (Å²) in [5, 5.41) is 0. The molecule has 1 atom stereocenters. The molecular weight excluding hydrogens is 451 g/mol. The standard InChI is InChI=1S/C27H33FN4O.ClH/c1-26(2)17-31(20-7-4-19(28)5-8-20)13-14-32(26)21-6-3-18(15-21)24-29-23-9-10-27(11-12-27)16-22(23)25(33)30-24;/h4-5,7-8,15,21H,3,6,9-14,16-17H2,1-2H3,(H,29,30,33);1H/t21-;/m1./s1. The second-order valence-electron chi connectivity index (χ2n) is 11.2. The maximum atomic E-state index is 13.3. The summed E-state index contributed by atoms with van der Waals surface area (Å²) in [6.07, 6.45) is 9.93. The Labute approximate surface area is 206 Å². The minimum absolute atomic E-state index is 0. The summed E-state index contributed by atoms with van der Waals surface area (Å²) in [5.41, 5.74) is 4.72. The molecular formula is C27H34ClFN4O. The molecule has 182 valence electrons. The van der Waals surface area contributed by atoms with Gasteiger partial charge < -0.3 is 9.88 Å². The third kappa shape index (κ3) is 4.20. The normalized spacial score (nSPS) is 25.0. The van der Waals surface area contributed by atoms with Gasteiger partial charge in [0.1, 0.15) is 11.6 Å². The Morgan fingerprint density at radius 1 is 1.09 bits per heavy atom. The number of allylic oxidation sites excluding steroid dienone is 1. The highest BCUT2D eigenvalue weighted by Crippen LogP contribution is 2.54. The van der Waals surface area contributed by atoms with E-state index in [0.29, 0.717) is 11.5 Å². The highest BCUT2D eigenvalue weighted by molar-refractivity contribution is 5.85. The van der Waals surface area contributed by atoms with Crippen LogP contribution in [0.1, 0.15) is 63.0 Å². The maximum Gasteiger partial charge on any atom is 0.254 e. The van der Waals surface area contributed by atoms with E-state index in [1.807, 2.05) is 12.1 Å². The molecule has 34 heavy (non-hydrogen) atoms. The third-order valence-corrected chi connectivity index (χ3v) is 8.47. The first kappa shape index (κ1) is 23.6. The molecule has 1 N–H and O–H groups in total. The minimum atomic E-state index is -0.193. The Kier molecular flexibility index (Phi) is 5.88. The zero-order valence-electron chi connectivity index (χ0n) is 20.1. The lowest BCUT2D eigenvalue weighted by atomic mass is 9.84. The Morgan fingerprint density at radius 3 is 2.56 bits per heavy atom. The number of aromatic amines is 1. The number of anilines is 1. The van der Waals surface area contributed by atoms with Crippen molar-refractivity contribution in [1.82, 2.24) is 14.9 Å².